The quantitative estimate of drug-likeness (QED) is 0.895. The SMILES string of the molecule is Cc1ccc(NC(=O)C2CCCN2C(C)(C)C)c(C)c1. The predicted octanol–water partition coefficient (Wildman–Crippen LogP) is 3.50. The number of nitrogens with one attached hydrogen (secondary N) is 1. The number of rotatable bonds is 2. The standard InChI is InChI=1S/C17H26N2O/c1-12-8-9-14(13(2)11-12)18-16(20)15-7-6-10-19(15)17(3,4)5/h8-9,11,15H,6-7,10H2,1-5H3,(H,18,20). The van der Waals surface area contributed by atoms with Crippen LogP contribution in [0, 0.1) is 13.8 Å². The lowest BCUT2D eigenvalue weighted by atomic mass is 10.0. The molecule has 1 aromatic carbocycles. The second-order valence-electron chi connectivity index (χ2n) is 6.83. The average Bonchev–Trinajstić information content (AvgIpc) is 2.81. The third kappa shape index (κ3) is 3.21. The highest BCUT2D eigenvalue weighted by atomic mass is 16.2. The largest absolute Gasteiger partial charge is 0.324 e. The first-order chi connectivity index (χ1) is 9.29. The summed E-state index contributed by atoms with van der Waals surface area (Å²) in [6, 6.07) is 6.14. The number of hydrogen-bond donors (Lipinski definition) is 1. The molecule has 0 aliphatic carbocycles. The van der Waals surface area contributed by atoms with Crippen LogP contribution in [-0.2, 0) is 4.79 Å². The number of benzene rings is 1. The van der Waals surface area contributed by atoms with Crippen molar-refractivity contribution in [2.45, 2.75) is 59.0 Å². The molecule has 0 radical (unpaired) electrons. The molecule has 1 aliphatic heterocycles. The Kier molecular flexibility index (Phi) is 4.19. The van der Waals surface area contributed by atoms with E-state index in [0.717, 1.165) is 30.6 Å². The lowest BCUT2D eigenvalue weighted by molar-refractivity contribution is -0.121. The highest BCUT2D eigenvalue weighted by molar-refractivity contribution is 5.95. The summed E-state index contributed by atoms with van der Waals surface area (Å²) in [5.74, 6) is 0.129. The Morgan fingerprint density at radius 1 is 1.30 bits per heavy atom. The smallest absolute Gasteiger partial charge is 0.241 e. The van der Waals surface area contributed by atoms with Crippen LogP contribution in [0.25, 0.3) is 0 Å². The van der Waals surface area contributed by atoms with Gasteiger partial charge in [-0.3, -0.25) is 9.69 Å². The number of hydrogen-bond acceptors (Lipinski definition) is 2. The van der Waals surface area contributed by atoms with Crippen molar-refractivity contribution in [2.75, 3.05) is 11.9 Å². The zero-order valence-electron chi connectivity index (χ0n) is 13.3. The molecule has 0 spiro atoms. The van der Waals surface area contributed by atoms with Crippen molar-refractivity contribution in [1.82, 2.24) is 4.90 Å². The fourth-order valence-corrected chi connectivity index (χ4v) is 3.01. The van der Waals surface area contributed by atoms with E-state index in [0.29, 0.717) is 0 Å². The van der Waals surface area contributed by atoms with E-state index in [-0.39, 0.29) is 17.5 Å². The van der Waals surface area contributed by atoms with Crippen molar-refractivity contribution in [3.8, 4) is 0 Å². The van der Waals surface area contributed by atoms with Crippen LogP contribution >= 0.6 is 0 Å². The van der Waals surface area contributed by atoms with Crippen LogP contribution in [0.3, 0.4) is 0 Å². The van der Waals surface area contributed by atoms with Crippen LogP contribution < -0.4 is 5.32 Å². The van der Waals surface area contributed by atoms with E-state index >= 15 is 0 Å². The van der Waals surface area contributed by atoms with Crippen LogP contribution in [0.1, 0.15) is 44.7 Å². The molecule has 1 aliphatic rings. The van der Waals surface area contributed by atoms with E-state index in [4.69, 9.17) is 0 Å². The van der Waals surface area contributed by atoms with Gasteiger partial charge >= 0.3 is 0 Å². The first-order valence-corrected chi connectivity index (χ1v) is 7.44. The molecule has 1 amide bonds. The summed E-state index contributed by atoms with van der Waals surface area (Å²) in [4.78, 5) is 14.9. The van der Waals surface area contributed by atoms with Crippen molar-refractivity contribution in [3.63, 3.8) is 0 Å². The highest BCUT2D eigenvalue weighted by Gasteiger charge is 2.37. The summed E-state index contributed by atoms with van der Waals surface area (Å²) in [5, 5.41) is 3.10. The van der Waals surface area contributed by atoms with Gasteiger partial charge in [0.05, 0.1) is 6.04 Å². The van der Waals surface area contributed by atoms with Gasteiger partial charge in [-0.2, -0.15) is 0 Å². The summed E-state index contributed by atoms with van der Waals surface area (Å²) in [5.41, 5.74) is 3.32. The molecule has 1 heterocycles. The minimum absolute atomic E-state index is 0.00398. The van der Waals surface area contributed by atoms with E-state index in [9.17, 15) is 4.79 Å². The molecule has 3 nitrogen and oxygen atoms in total. The van der Waals surface area contributed by atoms with E-state index in [1.54, 1.807) is 0 Å². The van der Waals surface area contributed by atoms with Crippen molar-refractivity contribution in [2.24, 2.45) is 0 Å². The molecule has 1 fully saturated rings. The first-order valence-electron chi connectivity index (χ1n) is 7.44. The van der Waals surface area contributed by atoms with Gasteiger partial charge in [0.25, 0.3) is 0 Å². The third-order valence-electron chi connectivity index (χ3n) is 4.06. The third-order valence-corrected chi connectivity index (χ3v) is 4.06. The first kappa shape index (κ1) is 15.0. The van der Waals surface area contributed by atoms with Gasteiger partial charge in [0.15, 0.2) is 0 Å². The second-order valence-corrected chi connectivity index (χ2v) is 6.83. The summed E-state index contributed by atoms with van der Waals surface area (Å²) in [6.07, 6.45) is 2.05. The average molecular weight is 274 g/mol. The van der Waals surface area contributed by atoms with Gasteiger partial charge in [0, 0.05) is 11.2 Å². The van der Waals surface area contributed by atoms with Crippen LogP contribution in [-0.4, -0.2) is 28.9 Å². The number of amides is 1. The zero-order chi connectivity index (χ0) is 14.9. The van der Waals surface area contributed by atoms with Crippen molar-refractivity contribution < 1.29 is 4.79 Å². The molecular weight excluding hydrogens is 248 g/mol. The Morgan fingerprint density at radius 3 is 2.60 bits per heavy atom. The number of anilines is 1. The van der Waals surface area contributed by atoms with Crippen LogP contribution in [0.4, 0.5) is 5.69 Å². The fraction of sp³-hybridized carbons (Fsp3) is 0.588. The lowest BCUT2D eigenvalue weighted by Crippen LogP contribution is -2.49. The molecule has 20 heavy (non-hydrogen) atoms. The summed E-state index contributed by atoms with van der Waals surface area (Å²) < 4.78 is 0. The molecule has 1 N–H and O–H groups in total. The van der Waals surface area contributed by atoms with E-state index in [1.165, 1.54) is 5.56 Å². The van der Waals surface area contributed by atoms with Gasteiger partial charge < -0.3 is 5.32 Å². The van der Waals surface area contributed by atoms with Gasteiger partial charge in [-0.05, 0) is 65.6 Å². The number of likely N-dealkylation sites (tertiary alicyclic amines) is 1. The normalized spacial score (nSPS) is 20.1. The molecule has 1 unspecified atom stereocenters. The summed E-state index contributed by atoms with van der Waals surface area (Å²) in [6.45, 7) is 11.6. The van der Waals surface area contributed by atoms with E-state index in [2.05, 4.69) is 44.0 Å². The fourth-order valence-electron chi connectivity index (χ4n) is 3.01. The Bertz CT molecular complexity index is 502. The molecule has 0 aromatic heterocycles. The van der Waals surface area contributed by atoms with Crippen LogP contribution in [0.15, 0.2) is 18.2 Å². The zero-order valence-corrected chi connectivity index (χ0v) is 13.3. The summed E-state index contributed by atoms with van der Waals surface area (Å²) in [7, 11) is 0. The van der Waals surface area contributed by atoms with Crippen LogP contribution in [0.5, 0.6) is 0 Å². The molecule has 1 atom stereocenters. The topological polar surface area (TPSA) is 32.3 Å². The lowest BCUT2D eigenvalue weighted by Gasteiger charge is -2.36. The minimum Gasteiger partial charge on any atom is -0.324 e. The Balaban J connectivity index is 2.12. The van der Waals surface area contributed by atoms with E-state index in [1.807, 2.05) is 19.1 Å². The maximum atomic E-state index is 12.6. The molecule has 0 bridgehead atoms. The maximum Gasteiger partial charge on any atom is 0.241 e. The molecule has 0 saturated carbocycles. The van der Waals surface area contributed by atoms with Gasteiger partial charge in [0.2, 0.25) is 5.91 Å². The maximum absolute atomic E-state index is 12.6. The van der Waals surface area contributed by atoms with Crippen LogP contribution in [0.2, 0.25) is 0 Å². The number of carbonyl (C=O) groups excluding carboxylic acids is 1. The molecule has 110 valence electrons. The Labute approximate surface area is 122 Å². The van der Waals surface area contributed by atoms with Gasteiger partial charge in [-0.1, -0.05) is 17.7 Å². The number of aryl methyl sites for hydroxylation is 2. The van der Waals surface area contributed by atoms with Gasteiger partial charge in [-0.25, -0.2) is 0 Å². The van der Waals surface area contributed by atoms with Crippen molar-refractivity contribution >= 4 is 11.6 Å². The molecule has 3 heteroatoms. The highest BCUT2D eigenvalue weighted by Crippen LogP contribution is 2.27. The minimum atomic E-state index is -0.00398. The molecular formula is C17H26N2O. The van der Waals surface area contributed by atoms with Crippen molar-refractivity contribution in [3.05, 3.63) is 29.3 Å². The van der Waals surface area contributed by atoms with Gasteiger partial charge in [0.1, 0.15) is 0 Å². The Morgan fingerprint density at radius 2 is 2.00 bits per heavy atom. The van der Waals surface area contributed by atoms with Gasteiger partial charge in [-0.15, -0.1) is 0 Å². The monoisotopic (exact) mass is 274 g/mol. The Hall–Kier alpha value is -1.35. The molecule has 2 rings (SSSR count). The molecule has 1 saturated heterocycles. The molecule has 1 aromatic rings. The second kappa shape index (κ2) is 5.57. The number of nitrogens with zero attached hydrogens (tertiary/aromatic N) is 1. The van der Waals surface area contributed by atoms with Crippen molar-refractivity contribution in [1.29, 1.82) is 0 Å². The number of carbonyl (C=O) groups is 1. The van der Waals surface area contributed by atoms with E-state index < -0.39 is 0 Å². The predicted molar refractivity (Wildman–Crippen MR) is 84.0 cm³/mol. The summed E-state index contributed by atoms with van der Waals surface area (Å²) >= 11 is 0.